The summed E-state index contributed by atoms with van der Waals surface area (Å²) in [7, 11) is 4.01. The van der Waals surface area contributed by atoms with Gasteiger partial charge in [-0.3, -0.25) is 4.99 Å². The molecule has 0 aromatic heterocycles. The highest BCUT2D eigenvalue weighted by molar-refractivity contribution is 5.25. The Bertz CT molecular complexity index is 84.5. The first kappa shape index (κ1) is 7.37. The zero-order chi connectivity index (χ0) is 6.41. The highest BCUT2D eigenvalue weighted by Crippen LogP contribution is 1.76. The van der Waals surface area contributed by atoms with E-state index >= 15 is 0 Å². The predicted octanol–water partition coefficient (Wildman–Crippen LogP) is 0.762. The Labute approximate surface area is 50.5 Å². The zero-order valence-electron chi connectivity index (χ0n) is 5.46. The molecule has 46 valence electrons. The molecule has 0 aliphatic heterocycles. The first-order chi connectivity index (χ1) is 3.77. The number of likely N-dealkylation sites (N-methyl/N-ethyl adjacent to an activating group) is 1. The van der Waals surface area contributed by atoms with Gasteiger partial charge in [-0.2, -0.15) is 0 Å². The summed E-state index contributed by atoms with van der Waals surface area (Å²) in [4.78, 5) is 5.61. The third-order valence-electron chi connectivity index (χ3n) is 0.681. The lowest BCUT2D eigenvalue weighted by molar-refractivity contribution is 0.456. The summed E-state index contributed by atoms with van der Waals surface area (Å²) in [5.74, 6) is 0. The first-order valence-electron chi connectivity index (χ1n) is 2.53. The van der Waals surface area contributed by atoms with E-state index in [1.807, 2.05) is 20.2 Å². The van der Waals surface area contributed by atoms with Crippen LogP contribution in [-0.4, -0.2) is 32.3 Å². The van der Waals surface area contributed by atoms with Gasteiger partial charge in [0.1, 0.15) is 0 Å². The van der Waals surface area contributed by atoms with Crippen molar-refractivity contribution >= 4 is 6.72 Å². The van der Waals surface area contributed by atoms with Crippen LogP contribution in [-0.2, 0) is 0 Å². The van der Waals surface area contributed by atoms with E-state index in [0.29, 0.717) is 0 Å². The average Bonchev–Trinajstić information content (AvgIpc) is 1.66. The lowest BCUT2D eigenvalue weighted by atomic mass is 10.6. The summed E-state index contributed by atoms with van der Waals surface area (Å²) in [6, 6.07) is 0. The number of rotatable bonds is 3. The molecule has 0 radical (unpaired) electrons. The van der Waals surface area contributed by atoms with Crippen LogP contribution in [0.4, 0.5) is 0 Å². The second-order valence-electron chi connectivity index (χ2n) is 1.83. The van der Waals surface area contributed by atoms with E-state index in [1.54, 1.807) is 6.20 Å². The van der Waals surface area contributed by atoms with Gasteiger partial charge in [-0.05, 0) is 20.8 Å². The molecule has 0 aromatic carbocycles. The monoisotopic (exact) mass is 112 g/mol. The molecule has 0 saturated heterocycles. The molecular formula is C6H12N2. The lowest BCUT2D eigenvalue weighted by Gasteiger charge is -2.01. The molecule has 2 heteroatoms. The molecular weight excluding hydrogens is 100 g/mol. The van der Waals surface area contributed by atoms with E-state index in [2.05, 4.69) is 16.6 Å². The molecule has 0 heterocycles. The number of hydrogen-bond acceptors (Lipinski definition) is 2. The smallest absolute Gasteiger partial charge is 0.0233 e. The lowest BCUT2D eigenvalue weighted by Crippen LogP contribution is -2.10. The minimum Gasteiger partial charge on any atom is -0.306 e. The maximum absolute atomic E-state index is 3.55. The standard InChI is InChI=1S/C6H12N2/c1-7-5-4-6-8(2)3/h4-5H,1,6H2,2-3H3/b5-4-. The van der Waals surface area contributed by atoms with Crippen molar-refractivity contribution in [3.63, 3.8) is 0 Å². The molecule has 0 unspecified atom stereocenters. The molecule has 0 aromatic rings. The fourth-order valence-electron chi connectivity index (χ4n) is 0.332. The summed E-state index contributed by atoms with van der Waals surface area (Å²) in [5.41, 5.74) is 0. The molecule has 0 N–H and O–H groups in total. The second-order valence-corrected chi connectivity index (χ2v) is 1.83. The van der Waals surface area contributed by atoms with Crippen LogP contribution in [0.5, 0.6) is 0 Å². The Hall–Kier alpha value is -0.630. The van der Waals surface area contributed by atoms with Crippen molar-refractivity contribution in [3.8, 4) is 0 Å². The third kappa shape index (κ3) is 5.37. The molecule has 2 nitrogen and oxygen atoms in total. The fourth-order valence-corrected chi connectivity index (χ4v) is 0.332. The molecule has 8 heavy (non-hydrogen) atoms. The molecule has 0 rings (SSSR count). The van der Waals surface area contributed by atoms with Gasteiger partial charge >= 0.3 is 0 Å². The average molecular weight is 112 g/mol. The summed E-state index contributed by atoms with van der Waals surface area (Å²) in [6.07, 6.45) is 3.65. The van der Waals surface area contributed by atoms with Crippen LogP contribution < -0.4 is 0 Å². The van der Waals surface area contributed by atoms with E-state index in [9.17, 15) is 0 Å². The summed E-state index contributed by atoms with van der Waals surface area (Å²) < 4.78 is 0. The van der Waals surface area contributed by atoms with Crippen LogP contribution >= 0.6 is 0 Å². The molecule has 0 saturated carbocycles. The molecule has 0 aliphatic carbocycles. The van der Waals surface area contributed by atoms with E-state index in [-0.39, 0.29) is 0 Å². The van der Waals surface area contributed by atoms with E-state index in [1.165, 1.54) is 0 Å². The molecule has 0 aliphatic rings. The van der Waals surface area contributed by atoms with E-state index in [0.717, 1.165) is 6.54 Å². The Morgan fingerprint density at radius 1 is 1.62 bits per heavy atom. The second kappa shape index (κ2) is 4.53. The van der Waals surface area contributed by atoms with Gasteiger partial charge in [0.2, 0.25) is 0 Å². The normalized spacial score (nSPS) is 10.9. The van der Waals surface area contributed by atoms with Gasteiger partial charge in [0.15, 0.2) is 0 Å². The topological polar surface area (TPSA) is 15.6 Å². The molecule has 0 spiro atoms. The fraction of sp³-hybridized carbons (Fsp3) is 0.500. The molecule has 0 atom stereocenters. The minimum atomic E-state index is 0.930. The third-order valence-corrected chi connectivity index (χ3v) is 0.681. The van der Waals surface area contributed by atoms with E-state index in [4.69, 9.17) is 0 Å². The van der Waals surface area contributed by atoms with Crippen molar-refractivity contribution in [2.24, 2.45) is 4.99 Å². The molecule has 0 bridgehead atoms. The van der Waals surface area contributed by atoms with Crippen molar-refractivity contribution in [2.45, 2.75) is 0 Å². The maximum Gasteiger partial charge on any atom is 0.0233 e. The quantitative estimate of drug-likeness (QED) is 0.492. The SMILES string of the molecule is C=N/C=C\CN(C)C. The van der Waals surface area contributed by atoms with Crippen molar-refractivity contribution in [2.75, 3.05) is 20.6 Å². The minimum absolute atomic E-state index is 0.930. The Balaban J connectivity index is 3.15. The van der Waals surface area contributed by atoms with Crippen LogP contribution in [0.3, 0.4) is 0 Å². The van der Waals surface area contributed by atoms with Crippen LogP contribution in [0.1, 0.15) is 0 Å². The first-order valence-corrected chi connectivity index (χ1v) is 2.53. The highest BCUT2D eigenvalue weighted by Gasteiger charge is 1.78. The van der Waals surface area contributed by atoms with Crippen molar-refractivity contribution in [1.29, 1.82) is 0 Å². The number of nitrogens with zero attached hydrogens (tertiary/aromatic N) is 2. The molecule has 0 amide bonds. The van der Waals surface area contributed by atoms with Gasteiger partial charge in [0.25, 0.3) is 0 Å². The number of aliphatic imine (C=N–C) groups is 1. The predicted molar refractivity (Wildman–Crippen MR) is 37.2 cm³/mol. The van der Waals surface area contributed by atoms with Crippen LogP contribution in [0.2, 0.25) is 0 Å². The van der Waals surface area contributed by atoms with Gasteiger partial charge in [-0.15, -0.1) is 0 Å². The van der Waals surface area contributed by atoms with Crippen LogP contribution in [0.25, 0.3) is 0 Å². The van der Waals surface area contributed by atoms with Gasteiger partial charge in [-0.25, -0.2) is 0 Å². The Morgan fingerprint density at radius 2 is 2.25 bits per heavy atom. The summed E-state index contributed by atoms with van der Waals surface area (Å²) >= 11 is 0. The van der Waals surface area contributed by atoms with Crippen molar-refractivity contribution < 1.29 is 0 Å². The van der Waals surface area contributed by atoms with Crippen LogP contribution in [0.15, 0.2) is 17.3 Å². The Morgan fingerprint density at radius 3 is 2.62 bits per heavy atom. The van der Waals surface area contributed by atoms with Gasteiger partial charge in [-0.1, -0.05) is 6.08 Å². The van der Waals surface area contributed by atoms with Gasteiger partial charge < -0.3 is 4.90 Å². The molecule has 0 fully saturated rings. The zero-order valence-corrected chi connectivity index (χ0v) is 5.46. The highest BCUT2D eigenvalue weighted by atomic mass is 15.0. The van der Waals surface area contributed by atoms with Crippen LogP contribution in [0, 0.1) is 0 Å². The Kier molecular flexibility index (Phi) is 4.17. The van der Waals surface area contributed by atoms with Gasteiger partial charge in [0, 0.05) is 12.7 Å². The van der Waals surface area contributed by atoms with Crippen molar-refractivity contribution in [1.82, 2.24) is 4.90 Å². The van der Waals surface area contributed by atoms with Gasteiger partial charge in [0.05, 0.1) is 0 Å². The number of hydrogen-bond donors (Lipinski definition) is 0. The summed E-state index contributed by atoms with van der Waals surface area (Å²) in [6.45, 7) is 4.23. The van der Waals surface area contributed by atoms with Crippen molar-refractivity contribution in [3.05, 3.63) is 12.3 Å². The maximum atomic E-state index is 3.55. The van der Waals surface area contributed by atoms with E-state index < -0.39 is 0 Å². The summed E-state index contributed by atoms with van der Waals surface area (Å²) in [5, 5.41) is 0. The largest absolute Gasteiger partial charge is 0.306 e.